The Balaban J connectivity index is 2.92. The minimum Gasteiger partial charge on any atom is -0.389 e. The van der Waals surface area contributed by atoms with Crippen LogP contribution in [0.1, 0.15) is 31.9 Å². The van der Waals surface area contributed by atoms with Crippen LogP contribution in [0.3, 0.4) is 0 Å². The lowest BCUT2D eigenvalue weighted by Gasteiger charge is -2.29. The molecule has 1 aromatic rings. The summed E-state index contributed by atoms with van der Waals surface area (Å²) in [4.78, 5) is 2.26. The van der Waals surface area contributed by atoms with Crippen LogP contribution >= 0.6 is 23.4 Å². The Bertz CT molecular complexity index is 384. The highest BCUT2D eigenvalue weighted by molar-refractivity contribution is 7.98. The maximum absolute atomic E-state index is 9.57. The molecular formula is C14H22ClNOS. The standard InChI is InChI=1S/C14H22ClNOS/c1-5-11(9-18-4)16(3)12-6-7-13(10(2)17)14(15)8-12/h6-8,10-11,17H,5,9H2,1-4H3. The lowest BCUT2D eigenvalue weighted by Crippen LogP contribution is -2.33. The summed E-state index contributed by atoms with van der Waals surface area (Å²) in [6, 6.07) is 6.38. The summed E-state index contributed by atoms with van der Waals surface area (Å²) in [7, 11) is 2.10. The number of rotatable bonds is 6. The third kappa shape index (κ3) is 3.81. The molecule has 0 fully saturated rings. The van der Waals surface area contributed by atoms with Gasteiger partial charge in [-0.05, 0) is 37.3 Å². The van der Waals surface area contributed by atoms with Gasteiger partial charge in [0.1, 0.15) is 0 Å². The lowest BCUT2D eigenvalue weighted by molar-refractivity contribution is 0.199. The van der Waals surface area contributed by atoms with Crippen molar-refractivity contribution in [2.45, 2.75) is 32.4 Å². The summed E-state index contributed by atoms with van der Waals surface area (Å²) in [5.74, 6) is 1.10. The van der Waals surface area contributed by atoms with Gasteiger partial charge in [0, 0.05) is 29.6 Å². The van der Waals surface area contributed by atoms with E-state index >= 15 is 0 Å². The van der Waals surface area contributed by atoms with E-state index < -0.39 is 6.10 Å². The Morgan fingerprint density at radius 2 is 2.11 bits per heavy atom. The topological polar surface area (TPSA) is 23.5 Å². The smallest absolute Gasteiger partial charge is 0.0776 e. The van der Waals surface area contributed by atoms with Crippen molar-refractivity contribution in [3.63, 3.8) is 0 Å². The third-order valence-electron chi connectivity index (χ3n) is 3.22. The van der Waals surface area contributed by atoms with Crippen LogP contribution in [-0.4, -0.2) is 30.2 Å². The number of halogens is 1. The molecule has 0 amide bonds. The number of benzene rings is 1. The molecule has 0 saturated carbocycles. The van der Waals surface area contributed by atoms with Crippen LogP contribution in [0.5, 0.6) is 0 Å². The second-order valence-electron chi connectivity index (χ2n) is 4.51. The number of hydrogen-bond donors (Lipinski definition) is 1. The van der Waals surface area contributed by atoms with Crippen LogP contribution in [0.4, 0.5) is 5.69 Å². The summed E-state index contributed by atoms with van der Waals surface area (Å²) >= 11 is 8.06. The zero-order chi connectivity index (χ0) is 13.7. The van der Waals surface area contributed by atoms with Gasteiger partial charge in [0.15, 0.2) is 0 Å². The number of aliphatic hydroxyl groups is 1. The molecule has 0 aliphatic carbocycles. The highest BCUT2D eigenvalue weighted by Crippen LogP contribution is 2.28. The molecule has 0 aliphatic rings. The van der Waals surface area contributed by atoms with Gasteiger partial charge in [-0.25, -0.2) is 0 Å². The van der Waals surface area contributed by atoms with Crippen molar-refractivity contribution in [1.29, 1.82) is 0 Å². The summed E-state index contributed by atoms with van der Waals surface area (Å²) in [5.41, 5.74) is 1.89. The minimum absolute atomic E-state index is 0.508. The summed E-state index contributed by atoms with van der Waals surface area (Å²) < 4.78 is 0. The molecule has 102 valence electrons. The fourth-order valence-corrected chi connectivity index (χ4v) is 3.16. The fourth-order valence-electron chi connectivity index (χ4n) is 1.98. The van der Waals surface area contributed by atoms with Crippen molar-refractivity contribution < 1.29 is 5.11 Å². The zero-order valence-corrected chi connectivity index (χ0v) is 13.1. The van der Waals surface area contributed by atoms with Gasteiger partial charge in [0.2, 0.25) is 0 Å². The second-order valence-corrected chi connectivity index (χ2v) is 5.83. The third-order valence-corrected chi connectivity index (χ3v) is 4.26. The molecule has 0 heterocycles. The predicted octanol–water partition coefficient (Wildman–Crippen LogP) is 3.97. The summed E-state index contributed by atoms with van der Waals surface area (Å²) in [6.07, 6.45) is 2.71. The quantitative estimate of drug-likeness (QED) is 0.856. The summed E-state index contributed by atoms with van der Waals surface area (Å²) in [5, 5.41) is 10.2. The Morgan fingerprint density at radius 3 is 2.56 bits per heavy atom. The Hall–Kier alpha value is -0.380. The second kappa shape index (κ2) is 7.27. The monoisotopic (exact) mass is 287 g/mol. The molecule has 0 bridgehead atoms. The van der Waals surface area contributed by atoms with Gasteiger partial charge in [-0.1, -0.05) is 24.6 Å². The molecule has 2 unspecified atom stereocenters. The normalized spacial score (nSPS) is 14.3. The first-order valence-corrected chi connectivity index (χ1v) is 7.97. The van der Waals surface area contributed by atoms with Crippen LogP contribution in [-0.2, 0) is 0 Å². The van der Waals surface area contributed by atoms with Gasteiger partial charge in [-0.3, -0.25) is 0 Å². The van der Waals surface area contributed by atoms with Crippen LogP contribution in [0.2, 0.25) is 5.02 Å². The minimum atomic E-state index is -0.523. The Morgan fingerprint density at radius 1 is 1.44 bits per heavy atom. The van der Waals surface area contributed by atoms with Crippen LogP contribution < -0.4 is 4.90 Å². The van der Waals surface area contributed by atoms with E-state index in [2.05, 4.69) is 25.1 Å². The lowest BCUT2D eigenvalue weighted by atomic mass is 10.1. The summed E-state index contributed by atoms with van der Waals surface area (Å²) in [6.45, 7) is 3.93. The van der Waals surface area contributed by atoms with E-state index in [1.54, 1.807) is 6.92 Å². The van der Waals surface area contributed by atoms with E-state index in [1.165, 1.54) is 0 Å². The van der Waals surface area contributed by atoms with Crippen molar-refractivity contribution in [2.75, 3.05) is 24.0 Å². The Labute approximate surface area is 119 Å². The molecule has 0 saturated heterocycles. The van der Waals surface area contributed by atoms with Crippen molar-refractivity contribution in [2.24, 2.45) is 0 Å². The maximum atomic E-state index is 9.57. The van der Waals surface area contributed by atoms with Gasteiger partial charge in [-0.15, -0.1) is 0 Å². The average molecular weight is 288 g/mol. The molecule has 2 nitrogen and oxygen atoms in total. The van der Waals surface area contributed by atoms with Crippen LogP contribution in [0, 0.1) is 0 Å². The molecule has 1 N–H and O–H groups in total. The fraction of sp³-hybridized carbons (Fsp3) is 0.571. The van der Waals surface area contributed by atoms with Gasteiger partial charge >= 0.3 is 0 Å². The van der Waals surface area contributed by atoms with E-state index in [9.17, 15) is 5.11 Å². The van der Waals surface area contributed by atoms with E-state index in [0.717, 1.165) is 23.4 Å². The average Bonchev–Trinajstić information content (AvgIpc) is 2.34. The first-order chi connectivity index (χ1) is 8.51. The highest BCUT2D eigenvalue weighted by atomic mass is 35.5. The SMILES string of the molecule is CCC(CSC)N(C)c1ccc(C(C)O)c(Cl)c1. The number of thioether (sulfide) groups is 1. The van der Waals surface area contributed by atoms with Gasteiger partial charge in [-0.2, -0.15) is 11.8 Å². The first kappa shape index (κ1) is 15.7. The number of hydrogen-bond acceptors (Lipinski definition) is 3. The maximum Gasteiger partial charge on any atom is 0.0776 e. The molecule has 2 atom stereocenters. The van der Waals surface area contributed by atoms with Crippen molar-refractivity contribution >= 4 is 29.1 Å². The molecule has 0 aromatic heterocycles. The highest BCUT2D eigenvalue weighted by Gasteiger charge is 2.14. The van der Waals surface area contributed by atoms with Crippen LogP contribution in [0.25, 0.3) is 0 Å². The predicted molar refractivity (Wildman–Crippen MR) is 82.9 cm³/mol. The van der Waals surface area contributed by atoms with Crippen molar-refractivity contribution in [1.82, 2.24) is 0 Å². The largest absolute Gasteiger partial charge is 0.389 e. The number of nitrogens with zero attached hydrogens (tertiary/aromatic N) is 1. The molecular weight excluding hydrogens is 266 g/mol. The molecule has 1 aromatic carbocycles. The van der Waals surface area contributed by atoms with E-state index in [1.807, 2.05) is 30.0 Å². The van der Waals surface area contributed by atoms with E-state index in [-0.39, 0.29) is 0 Å². The molecule has 0 aliphatic heterocycles. The molecule has 0 radical (unpaired) electrons. The Kier molecular flexibility index (Phi) is 6.33. The molecule has 18 heavy (non-hydrogen) atoms. The number of aliphatic hydroxyl groups excluding tert-OH is 1. The van der Waals surface area contributed by atoms with Gasteiger partial charge in [0.25, 0.3) is 0 Å². The first-order valence-electron chi connectivity index (χ1n) is 6.20. The number of anilines is 1. The zero-order valence-electron chi connectivity index (χ0n) is 11.5. The van der Waals surface area contributed by atoms with E-state index in [4.69, 9.17) is 11.6 Å². The van der Waals surface area contributed by atoms with E-state index in [0.29, 0.717) is 11.1 Å². The molecule has 0 spiro atoms. The molecule has 1 rings (SSSR count). The van der Waals surface area contributed by atoms with Crippen molar-refractivity contribution in [3.8, 4) is 0 Å². The molecule has 4 heteroatoms. The van der Waals surface area contributed by atoms with Crippen molar-refractivity contribution in [3.05, 3.63) is 28.8 Å². The van der Waals surface area contributed by atoms with Crippen LogP contribution in [0.15, 0.2) is 18.2 Å². The van der Waals surface area contributed by atoms with Gasteiger partial charge < -0.3 is 10.0 Å². The van der Waals surface area contributed by atoms with Gasteiger partial charge in [0.05, 0.1) is 6.10 Å².